The molecule has 0 unspecified atom stereocenters. The lowest BCUT2D eigenvalue weighted by Gasteiger charge is -2.26. The van der Waals surface area contributed by atoms with Crippen LogP contribution in [0.3, 0.4) is 0 Å². The molecule has 4 aromatic carbocycles. The highest BCUT2D eigenvalue weighted by Gasteiger charge is 2.21. The molecule has 1 N–H and O–H groups in total. The number of allylic oxidation sites excluding steroid dienone is 5. The molecule has 4 aromatic rings. The number of anilines is 2. The summed E-state index contributed by atoms with van der Waals surface area (Å²) in [6.07, 6.45) is 7.68. The molecular formula is C37H37N3O6S2. The van der Waals surface area contributed by atoms with E-state index in [1.807, 2.05) is 97.6 Å². The Labute approximate surface area is 282 Å². The van der Waals surface area contributed by atoms with Crippen molar-refractivity contribution in [3.63, 3.8) is 0 Å². The summed E-state index contributed by atoms with van der Waals surface area (Å²) in [5.41, 5.74) is 6.40. The van der Waals surface area contributed by atoms with Gasteiger partial charge in [0.25, 0.3) is 10.1 Å². The number of rotatable bonds is 10. The molecule has 48 heavy (non-hydrogen) atoms. The van der Waals surface area contributed by atoms with Crippen molar-refractivity contribution in [3.8, 4) is 0 Å². The van der Waals surface area contributed by atoms with E-state index in [0.29, 0.717) is 41.0 Å². The topological polar surface area (TPSA) is 121 Å². The van der Waals surface area contributed by atoms with E-state index >= 15 is 0 Å². The van der Waals surface area contributed by atoms with Gasteiger partial charge in [0.05, 0.1) is 9.79 Å². The molecule has 0 spiro atoms. The van der Waals surface area contributed by atoms with Gasteiger partial charge in [0.2, 0.25) is 0 Å². The molecular weight excluding hydrogens is 647 g/mol. The van der Waals surface area contributed by atoms with Crippen LogP contribution in [0.25, 0.3) is 5.57 Å². The quantitative estimate of drug-likeness (QED) is 0.166. The highest BCUT2D eigenvalue weighted by molar-refractivity contribution is 7.86. The standard InChI is InChI=1S/C37H37N3O6S2/c1-38(2)31-17-13-29(14-18-31)37(35-22-21-33(39(3)4)24-36(35)48(44,45)46)30-15-19-32(20-16-30)40(25-27-9-6-5-7-10-27)26-28-11-8-12-34(23-28)47(41,42)43/h5-24H,25-26H2,1-4H3,(H-,41,42,43,44,45,46). The van der Waals surface area contributed by atoms with Crippen LogP contribution in [0.4, 0.5) is 11.4 Å². The summed E-state index contributed by atoms with van der Waals surface area (Å²) in [6.45, 7) is 0.841. The van der Waals surface area contributed by atoms with Gasteiger partial charge in [0, 0.05) is 56.3 Å². The Bertz CT molecular complexity index is 2150. The monoisotopic (exact) mass is 683 g/mol. The maximum absolute atomic E-state index is 12.7. The van der Waals surface area contributed by atoms with Crippen LogP contribution in [0, 0.1) is 0 Å². The van der Waals surface area contributed by atoms with Gasteiger partial charge in [0.1, 0.15) is 24.2 Å². The fourth-order valence-electron chi connectivity index (χ4n) is 5.51. The Hall–Kier alpha value is -4.81. The van der Waals surface area contributed by atoms with Gasteiger partial charge in [-0.15, -0.1) is 0 Å². The Kier molecular flexibility index (Phi) is 10.2. The van der Waals surface area contributed by atoms with Gasteiger partial charge < -0.3 is 14.4 Å². The van der Waals surface area contributed by atoms with Gasteiger partial charge in [-0.1, -0.05) is 60.7 Å². The molecule has 0 bridgehead atoms. The second-order valence-electron chi connectivity index (χ2n) is 11.9. The molecule has 11 heteroatoms. The fraction of sp³-hybridized carbons (Fsp3) is 0.162. The van der Waals surface area contributed by atoms with E-state index in [0.717, 1.165) is 22.5 Å². The van der Waals surface area contributed by atoms with E-state index < -0.39 is 20.2 Å². The maximum atomic E-state index is 12.7. The largest absolute Gasteiger partial charge is 0.744 e. The Morgan fingerprint density at radius 2 is 1.33 bits per heavy atom. The minimum atomic E-state index is -4.85. The van der Waals surface area contributed by atoms with Crippen molar-refractivity contribution in [3.05, 3.63) is 149 Å². The molecule has 0 aromatic heterocycles. The number of hydrogen-bond donors (Lipinski definition) is 1. The van der Waals surface area contributed by atoms with Gasteiger partial charge in [-0.05, 0) is 76.4 Å². The van der Waals surface area contributed by atoms with Crippen molar-refractivity contribution in [2.24, 2.45) is 0 Å². The van der Waals surface area contributed by atoms with Gasteiger partial charge in [-0.3, -0.25) is 4.55 Å². The molecule has 9 nitrogen and oxygen atoms in total. The van der Waals surface area contributed by atoms with Crippen LogP contribution < -0.4 is 9.80 Å². The third-order valence-electron chi connectivity index (χ3n) is 8.00. The highest BCUT2D eigenvalue weighted by atomic mass is 32.2. The zero-order valence-corrected chi connectivity index (χ0v) is 28.7. The minimum absolute atomic E-state index is 0.182. The number of nitrogens with zero attached hydrogens (tertiary/aromatic N) is 3. The average molecular weight is 684 g/mol. The molecule has 248 valence electrons. The number of benzene rings is 4. The summed E-state index contributed by atoms with van der Waals surface area (Å²) >= 11 is 0. The molecule has 0 radical (unpaired) electrons. The van der Waals surface area contributed by atoms with Crippen LogP contribution in [0.1, 0.15) is 22.3 Å². The van der Waals surface area contributed by atoms with Gasteiger partial charge in [-0.2, -0.15) is 8.42 Å². The van der Waals surface area contributed by atoms with E-state index in [-0.39, 0.29) is 9.79 Å². The molecule has 0 atom stereocenters. The van der Waals surface area contributed by atoms with Crippen LogP contribution in [0.5, 0.6) is 0 Å². The predicted molar refractivity (Wildman–Crippen MR) is 189 cm³/mol. The first-order chi connectivity index (χ1) is 22.7. The normalized spacial score (nSPS) is 13.0. The summed E-state index contributed by atoms with van der Waals surface area (Å²) in [5.74, 6) is 0. The van der Waals surface area contributed by atoms with Crippen molar-refractivity contribution in [2.75, 3.05) is 38.0 Å². The van der Waals surface area contributed by atoms with Gasteiger partial charge in [0.15, 0.2) is 5.71 Å². The van der Waals surface area contributed by atoms with E-state index in [4.69, 9.17) is 0 Å². The summed E-state index contributed by atoms with van der Waals surface area (Å²) in [5, 5.41) is 0. The van der Waals surface area contributed by atoms with Gasteiger partial charge >= 0.3 is 0 Å². The van der Waals surface area contributed by atoms with Crippen LogP contribution >= 0.6 is 0 Å². The Morgan fingerprint density at radius 3 is 1.92 bits per heavy atom. The van der Waals surface area contributed by atoms with Crippen molar-refractivity contribution in [1.29, 1.82) is 0 Å². The van der Waals surface area contributed by atoms with E-state index in [1.165, 1.54) is 18.2 Å². The SMILES string of the molecule is CN(C)c1ccc(C(=C2C=CC(=[N+](C)C)C=C2)c2ccc(N(Cc3ccccc3)Cc3cccc(S(=O)(=O)O)c3)cc2)c(S(=O)(=O)[O-])c1. The zero-order valence-electron chi connectivity index (χ0n) is 27.1. The van der Waals surface area contributed by atoms with Crippen LogP contribution in [0.15, 0.2) is 137 Å². The second-order valence-corrected chi connectivity index (χ2v) is 14.6. The molecule has 0 aliphatic heterocycles. The van der Waals surface area contributed by atoms with Crippen molar-refractivity contribution in [2.45, 2.75) is 22.9 Å². The number of hydrogen-bond acceptors (Lipinski definition) is 7. The molecule has 0 saturated carbocycles. The molecule has 5 rings (SSSR count). The molecule has 0 amide bonds. The molecule has 0 heterocycles. The van der Waals surface area contributed by atoms with Crippen molar-refractivity contribution in [1.82, 2.24) is 0 Å². The smallest absolute Gasteiger partial charge is 0.294 e. The maximum Gasteiger partial charge on any atom is 0.294 e. The van der Waals surface area contributed by atoms with Crippen LogP contribution in [0.2, 0.25) is 0 Å². The first-order valence-corrected chi connectivity index (χ1v) is 17.9. The second kappa shape index (κ2) is 14.1. The summed E-state index contributed by atoms with van der Waals surface area (Å²) in [7, 11) is -1.81. The summed E-state index contributed by atoms with van der Waals surface area (Å²) in [6, 6.07) is 28.5. The van der Waals surface area contributed by atoms with Crippen molar-refractivity contribution >= 4 is 42.9 Å². The Morgan fingerprint density at radius 1 is 0.729 bits per heavy atom. The first-order valence-electron chi connectivity index (χ1n) is 15.1. The lowest BCUT2D eigenvalue weighted by atomic mass is 9.90. The van der Waals surface area contributed by atoms with Gasteiger partial charge in [-0.25, -0.2) is 13.0 Å². The van der Waals surface area contributed by atoms with E-state index in [1.54, 1.807) is 43.3 Å². The Balaban J connectivity index is 1.63. The molecule has 1 aliphatic carbocycles. The molecule has 0 saturated heterocycles. The average Bonchev–Trinajstić information content (AvgIpc) is 3.05. The minimum Gasteiger partial charge on any atom is -0.744 e. The molecule has 1 aliphatic rings. The summed E-state index contributed by atoms with van der Waals surface area (Å²) < 4.78 is 73.2. The van der Waals surface area contributed by atoms with E-state index in [2.05, 4.69) is 4.90 Å². The predicted octanol–water partition coefficient (Wildman–Crippen LogP) is 5.75. The first kappa shape index (κ1) is 34.5. The lowest BCUT2D eigenvalue weighted by Crippen LogP contribution is -2.22. The summed E-state index contributed by atoms with van der Waals surface area (Å²) in [4.78, 5) is 3.33. The van der Waals surface area contributed by atoms with Crippen molar-refractivity contribution < 1.29 is 30.5 Å². The zero-order chi connectivity index (χ0) is 34.6. The molecule has 0 fully saturated rings. The highest BCUT2D eigenvalue weighted by Crippen LogP contribution is 2.36. The van der Waals surface area contributed by atoms with Crippen LogP contribution in [-0.4, -0.2) is 64.4 Å². The van der Waals surface area contributed by atoms with Crippen LogP contribution in [-0.2, 0) is 33.3 Å². The lowest BCUT2D eigenvalue weighted by molar-refractivity contribution is -0.462. The third-order valence-corrected chi connectivity index (χ3v) is 9.73. The third kappa shape index (κ3) is 8.18. The van der Waals surface area contributed by atoms with E-state index in [9.17, 15) is 25.9 Å². The fourth-order valence-corrected chi connectivity index (χ4v) is 6.77.